The third-order valence-corrected chi connectivity index (χ3v) is 3.97. The van der Waals surface area contributed by atoms with Crippen LogP contribution in [0.1, 0.15) is 0 Å². The van der Waals surface area contributed by atoms with Crippen molar-refractivity contribution < 1.29 is 13.2 Å². The Hall–Kier alpha value is -2.17. The van der Waals surface area contributed by atoms with Crippen LogP contribution in [0.4, 0.5) is 11.5 Å². The highest BCUT2D eigenvalue weighted by Gasteiger charge is 2.15. The van der Waals surface area contributed by atoms with Crippen LogP contribution in [-0.2, 0) is 21.3 Å². The Morgan fingerprint density at radius 1 is 1.38 bits per heavy atom. The predicted octanol–water partition coefficient (Wildman–Crippen LogP) is 0.0109. The summed E-state index contributed by atoms with van der Waals surface area (Å²) in [6.45, 7) is 1.03. The first-order chi connectivity index (χ1) is 10.0. The largest absolute Gasteiger partial charge is 0.383 e. The summed E-state index contributed by atoms with van der Waals surface area (Å²) in [7, 11) is -2.13. The van der Waals surface area contributed by atoms with E-state index >= 15 is 0 Å². The predicted molar refractivity (Wildman–Crippen MR) is 77.0 cm³/mol. The first-order valence-corrected chi connectivity index (χ1v) is 7.50. The van der Waals surface area contributed by atoms with Crippen molar-refractivity contribution in [2.24, 2.45) is 5.84 Å². The van der Waals surface area contributed by atoms with E-state index in [0.717, 1.165) is 0 Å². The van der Waals surface area contributed by atoms with Gasteiger partial charge in [-0.1, -0.05) is 0 Å². The minimum atomic E-state index is -3.71. The standard InChI is InChI=1S/C11H16N6O3S/c1-20-5-4-17-8-9(6-14-17)16-21(18,19)10-2-3-11(15-12)13-7-10/h2-3,6-8,16H,4-5,12H2,1H3,(H,13,15). The summed E-state index contributed by atoms with van der Waals surface area (Å²) in [5.74, 6) is 5.55. The number of sulfonamides is 1. The van der Waals surface area contributed by atoms with E-state index < -0.39 is 10.0 Å². The molecule has 2 heterocycles. The summed E-state index contributed by atoms with van der Waals surface area (Å²) in [5.41, 5.74) is 2.69. The highest BCUT2D eigenvalue weighted by Crippen LogP contribution is 2.15. The highest BCUT2D eigenvalue weighted by atomic mass is 32.2. The van der Waals surface area contributed by atoms with Crippen molar-refractivity contribution in [1.29, 1.82) is 0 Å². The maximum Gasteiger partial charge on any atom is 0.263 e. The third kappa shape index (κ3) is 3.90. The van der Waals surface area contributed by atoms with Gasteiger partial charge in [-0.05, 0) is 12.1 Å². The number of anilines is 2. The molecule has 2 aromatic heterocycles. The lowest BCUT2D eigenvalue weighted by molar-refractivity contribution is 0.183. The molecule has 0 radical (unpaired) electrons. The van der Waals surface area contributed by atoms with Gasteiger partial charge in [0.05, 0.1) is 25.0 Å². The van der Waals surface area contributed by atoms with Crippen LogP contribution in [0.2, 0.25) is 0 Å². The number of hydrazine groups is 1. The Kier molecular flexibility index (Phi) is 4.73. The van der Waals surface area contributed by atoms with Gasteiger partial charge >= 0.3 is 0 Å². The van der Waals surface area contributed by atoms with Crippen molar-refractivity contribution in [2.75, 3.05) is 23.9 Å². The van der Waals surface area contributed by atoms with Crippen LogP contribution < -0.4 is 16.0 Å². The van der Waals surface area contributed by atoms with Crippen LogP contribution in [0, 0.1) is 0 Å². The number of methoxy groups -OCH3 is 1. The molecule has 0 atom stereocenters. The number of nitrogens with one attached hydrogen (secondary N) is 2. The number of nitrogens with zero attached hydrogens (tertiary/aromatic N) is 3. The van der Waals surface area contributed by atoms with Crippen LogP contribution in [0.3, 0.4) is 0 Å². The average molecular weight is 312 g/mol. The number of rotatable bonds is 7. The molecule has 114 valence electrons. The molecule has 0 aliphatic rings. The Labute approximate surface area is 122 Å². The maximum atomic E-state index is 12.2. The first-order valence-electron chi connectivity index (χ1n) is 6.02. The van der Waals surface area contributed by atoms with Gasteiger partial charge in [0.2, 0.25) is 0 Å². The Morgan fingerprint density at radius 3 is 2.81 bits per heavy atom. The monoisotopic (exact) mass is 312 g/mol. The lowest BCUT2D eigenvalue weighted by atomic mass is 10.5. The Morgan fingerprint density at radius 2 is 2.19 bits per heavy atom. The topological polar surface area (TPSA) is 124 Å². The smallest absolute Gasteiger partial charge is 0.263 e. The molecule has 0 spiro atoms. The average Bonchev–Trinajstić information content (AvgIpc) is 2.92. The second-order valence-electron chi connectivity index (χ2n) is 4.11. The van der Waals surface area contributed by atoms with Crippen molar-refractivity contribution in [3.63, 3.8) is 0 Å². The first kappa shape index (κ1) is 15.2. The molecule has 0 aliphatic heterocycles. The van der Waals surface area contributed by atoms with Crippen molar-refractivity contribution in [2.45, 2.75) is 11.4 Å². The fourth-order valence-electron chi connectivity index (χ4n) is 1.56. The zero-order chi connectivity index (χ0) is 15.3. The number of hydrogen-bond acceptors (Lipinski definition) is 7. The van der Waals surface area contributed by atoms with Crippen LogP contribution in [-0.4, -0.2) is 36.9 Å². The second-order valence-corrected chi connectivity index (χ2v) is 5.80. The van der Waals surface area contributed by atoms with E-state index in [9.17, 15) is 8.42 Å². The summed E-state index contributed by atoms with van der Waals surface area (Å²) in [6, 6.07) is 2.87. The quantitative estimate of drug-likeness (QED) is 0.486. The fraction of sp³-hybridized carbons (Fsp3) is 0.273. The summed E-state index contributed by atoms with van der Waals surface area (Å²) in [4.78, 5) is 3.89. The van der Waals surface area contributed by atoms with Crippen molar-refractivity contribution in [3.05, 3.63) is 30.7 Å². The minimum Gasteiger partial charge on any atom is -0.383 e. The summed E-state index contributed by atoms with van der Waals surface area (Å²) in [5, 5.41) is 4.03. The number of ether oxygens (including phenoxy) is 1. The number of nitrogen functional groups attached to an aromatic ring is 1. The molecule has 9 nitrogen and oxygen atoms in total. The second kappa shape index (κ2) is 6.52. The number of pyridine rings is 1. The van der Waals surface area contributed by atoms with Crippen LogP contribution in [0.25, 0.3) is 0 Å². The van der Waals surface area contributed by atoms with E-state index in [0.29, 0.717) is 24.7 Å². The molecule has 0 amide bonds. The fourth-order valence-corrected chi connectivity index (χ4v) is 2.53. The number of nitrogens with two attached hydrogens (primary N) is 1. The molecule has 0 aliphatic carbocycles. The lowest BCUT2D eigenvalue weighted by Gasteiger charge is -2.06. The van der Waals surface area contributed by atoms with Gasteiger partial charge in [0.1, 0.15) is 10.7 Å². The lowest BCUT2D eigenvalue weighted by Crippen LogP contribution is -2.14. The summed E-state index contributed by atoms with van der Waals surface area (Å²) >= 11 is 0. The van der Waals surface area contributed by atoms with E-state index in [1.807, 2.05) is 0 Å². The van der Waals surface area contributed by atoms with Crippen molar-refractivity contribution >= 4 is 21.5 Å². The Balaban J connectivity index is 2.10. The van der Waals surface area contributed by atoms with E-state index in [-0.39, 0.29) is 4.90 Å². The molecule has 2 rings (SSSR count). The van der Waals surface area contributed by atoms with Gasteiger partial charge in [-0.25, -0.2) is 19.2 Å². The van der Waals surface area contributed by atoms with E-state index in [2.05, 4.69) is 20.2 Å². The molecular weight excluding hydrogens is 296 g/mol. The normalized spacial score (nSPS) is 11.3. The van der Waals surface area contributed by atoms with Crippen molar-refractivity contribution in [3.8, 4) is 0 Å². The molecule has 0 unspecified atom stereocenters. The molecule has 0 fully saturated rings. The number of aromatic nitrogens is 3. The van der Waals surface area contributed by atoms with Gasteiger partial charge in [-0.15, -0.1) is 0 Å². The molecule has 21 heavy (non-hydrogen) atoms. The maximum absolute atomic E-state index is 12.2. The van der Waals surface area contributed by atoms with Gasteiger partial charge in [-0.3, -0.25) is 9.40 Å². The summed E-state index contributed by atoms with van der Waals surface area (Å²) < 4.78 is 33.3. The SMILES string of the molecule is COCCn1cc(NS(=O)(=O)c2ccc(NN)nc2)cn1. The van der Waals surface area contributed by atoms with Gasteiger partial charge in [-0.2, -0.15) is 5.10 Å². The van der Waals surface area contributed by atoms with Crippen LogP contribution in [0.5, 0.6) is 0 Å². The van der Waals surface area contributed by atoms with Gasteiger partial charge < -0.3 is 10.2 Å². The molecule has 0 saturated carbocycles. The van der Waals surface area contributed by atoms with Crippen LogP contribution in [0.15, 0.2) is 35.6 Å². The molecule has 0 aromatic carbocycles. The molecule has 0 bridgehead atoms. The number of hydrogen-bond donors (Lipinski definition) is 3. The highest BCUT2D eigenvalue weighted by molar-refractivity contribution is 7.92. The third-order valence-electron chi connectivity index (χ3n) is 2.60. The van der Waals surface area contributed by atoms with Crippen molar-refractivity contribution in [1.82, 2.24) is 14.8 Å². The molecule has 0 saturated heterocycles. The zero-order valence-corrected chi connectivity index (χ0v) is 12.2. The Bertz CT molecular complexity index is 682. The van der Waals surface area contributed by atoms with E-state index in [4.69, 9.17) is 10.6 Å². The minimum absolute atomic E-state index is 0.0335. The van der Waals surface area contributed by atoms with Gasteiger partial charge in [0.15, 0.2) is 0 Å². The summed E-state index contributed by atoms with van der Waals surface area (Å²) in [6.07, 6.45) is 4.23. The molecule has 10 heteroatoms. The molecular formula is C11H16N6O3S. The zero-order valence-electron chi connectivity index (χ0n) is 11.4. The van der Waals surface area contributed by atoms with E-state index in [1.54, 1.807) is 18.0 Å². The van der Waals surface area contributed by atoms with Gasteiger partial charge in [0, 0.05) is 19.5 Å². The molecule has 2 aromatic rings. The molecule has 4 N–H and O–H groups in total. The van der Waals surface area contributed by atoms with Crippen LogP contribution >= 0.6 is 0 Å². The van der Waals surface area contributed by atoms with Gasteiger partial charge in [0.25, 0.3) is 10.0 Å². The van der Waals surface area contributed by atoms with E-state index in [1.165, 1.54) is 24.5 Å².